The van der Waals surface area contributed by atoms with Gasteiger partial charge in [0.05, 0.1) is 16.8 Å². The van der Waals surface area contributed by atoms with Crippen LogP contribution >= 0.6 is 0 Å². The maximum absolute atomic E-state index is 11.5. The van der Waals surface area contributed by atoms with E-state index in [9.17, 15) is 20.1 Å². The Morgan fingerprint density at radius 3 is 2.55 bits per heavy atom. The van der Waals surface area contributed by atoms with Gasteiger partial charge in [-0.3, -0.25) is 0 Å². The highest BCUT2D eigenvalue weighted by Gasteiger charge is 2.15. The van der Waals surface area contributed by atoms with Crippen LogP contribution in [0.3, 0.4) is 0 Å². The van der Waals surface area contributed by atoms with Gasteiger partial charge in [0, 0.05) is 10.9 Å². The van der Waals surface area contributed by atoms with Gasteiger partial charge in [-0.2, -0.15) is 0 Å². The van der Waals surface area contributed by atoms with E-state index in [1.54, 1.807) is 12.1 Å². The number of carbonyl (C=O) groups is 1. The van der Waals surface area contributed by atoms with E-state index >= 15 is 0 Å². The standard InChI is InChI=1S/C17H13NO4/c1-9-2-4-14-11(6-9)12(17(21)22)8-15(18-14)13-7-10(19)3-5-16(13)20/h2-8,19-20H,1H3,(H,21,22). The first-order valence-electron chi connectivity index (χ1n) is 6.63. The summed E-state index contributed by atoms with van der Waals surface area (Å²) in [5, 5.41) is 29.5. The van der Waals surface area contributed by atoms with Crippen LogP contribution in [0.4, 0.5) is 0 Å². The molecule has 0 amide bonds. The van der Waals surface area contributed by atoms with E-state index in [1.807, 2.05) is 13.0 Å². The smallest absolute Gasteiger partial charge is 0.336 e. The number of fused-ring (bicyclic) bond motifs is 1. The number of carboxylic acids is 1. The van der Waals surface area contributed by atoms with Gasteiger partial charge in [0.25, 0.3) is 0 Å². The van der Waals surface area contributed by atoms with Crippen molar-refractivity contribution in [2.75, 3.05) is 0 Å². The van der Waals surface area contributed by atoms with Crippen molar-refractivity contribution in [2.45, 2.75) is 6.92 Å². The maximum atomic E-state index is 11.5. The molecule has 0 atom stereocenters. The molecular formula is C17H13NO4. The number of hydrogen-bond acceptors (Lipinski definition) is 4. The topological polar surface area (TPSA) is 90.7 Å². The van der Waals surface area contributed by atoms with Gasteiger partial charge in [0.15, 0.2) is 0 Å². The van der Waals surface area contributed by atoms with Crippen molar-refractivity contribution in [3.05, 3.63) is 53.6 Å². The Balaban J connectivity index is 2.34. The molecule has 0 spiro atoms. The second kappa shape index (κ2) is 5.04. The number of hydrogen-bond donors (Lipinski definition) is 3. The summed E-state index contributed by atoms with van der Waals surface area (Å²) in [5.41, 5.74) is 2.13. The molecule has 0 saturated heterocycles. The Labute approximate surface area is 126 Å². The molecule has 5 heteroatoms. The molecule has 0 bridgehead atoms. The Morgan fingerprint density at radius 1 is 1.05 bits per heavy atom. The van der Waals surface area contributed by atoms with E-state index in [2.05, 4.69) is 4.98 Å². The Morgan fingerprint density at radius 2 is 1.82 bits per heavy atom. The van der Waals surface area contributed by atoms with Gasteiger partial charge in [0.1, 0.15) is 11.5 Å². The molecular weight excluding hydrogens is 282 g/mol. The van der Waals surface area contributed by atoms with E-state index in [4.69, 9.17) is 0 Å². The second-order valence-corrected chi connectivity index (χ2v) is 5.08. The lowest BCUT2D eigenvalue weighted by atomic mass is 10.0. The molecule has 0 aliphatic rings. The molecule has 0 unspecified atom stereocenters. The van der Waals surface area contributed by atoms with Crippen LogP contribution in [0, 0.1) is 6.92 Å². The van der Waals surface area contributed by atoms with Crippen molar-refractivity contribution < 1.29 is 20.1 Å². The normalized spacial score (nSPS) is 10.8. The number of benzene rings is 2. The molecule has 0 saturated carbocycles. The molecule has 3 aromatic rings. The van der Waals surface area contributed by atoms with E-state index in [0.29, 0.717) is 16.6 Å². The van der Waals surface area contributed by atoms with Gasteiger partial charge in [-0.1, -0.05) is 11.6 Å². The molecule has 22 heavy (non-hydrogen) atoms. The summed E-state index contributed by atoms with van der Waals surface area (Å²) in [6.45, 7) is 1.88. The maximum Gasteiger partial charge on any atom is 0.336 e. The van der Waals surface area contributed by atoms with Gasteiger partial charge in [-0.15, -0.1) is 0 Å². The van der Waals surface area contributed by atoms with Gasteiger partial charge in [-0.05, 0) is 43.3 Å². The number of nitrogens with zero attached hydrogens (tertiary/aromatic N) is 1. The zero-order valence-electron chi connectivity index (χ0n) is 11.7. The summed E-state index contributed by atoms with van der Waals surface area (Å²) < 4.78 is 0. The highest BCUT2D eigenvalue weighted by Crippen LogP contribution is 2.33. The third-order valence-corrected chi connectivity index (χ3v) is 3.45. The van der Waals surface area contributed by atoms with Gasteiger partial charge >= 0.3 is 5.97 Å². The zero-order valence-corrected chi connectivity index (χ0v) is 11.7. The third kappa shape index (κ3) is 2.33. The van der Waals surface area contributed by atoms with Crippen molar-refractivity contribution >= 4 is 16.9 Å². The van der Waals surface area contributed by atoms with Crippen molar-refractivity contribution in [2.24, 2.45) is 0 Å². The fourth-order valence-corrected chi connectivity index (χ4v) is 2.38. The molecule has 5 nitrogen and oxygen atoms in total. The van der Waals surface area contributed by atoms with Crippen LogP contribution in [0.1, 0.15) is 15.9 Å². The van der Waals surface area contributed by atoms with Crippen molar-refractivity contribution in [3.8, 4) is 22.8 Å². The van der Waals surface area contributed by atoms with Gasteiger partial charge < -0.3 is 15.3 Å². The monoisotopic (exact) mass is 295 g/mol. The summed E-state index contributed by atoms with van der Waals surface area (Å²) in [4.78, 5) is 15.9. The van der Waals surface area contributed by atoms with E-state index in [1.165, 1.54) is 24.3 Å². The fourth-order valence-electron chi connectivity index (χ4n) is 2.38. The summed E-state index contributed by atoms with van der Waals surface area (Å²) in [6, 6.07) is 10.8. The number of aromatic carboxylic acids is 1. The lowest BCUT2D eigenvalue weighted by Crippen LogP contribution is -2.00. The van der Waals surface area contributed by atoms with Crippen LogP contribution in [-0.4, -0.2) is 26.3 Å². The fraction of sp³-hybridized carbons (Fsp3) is 0.0588. The third-order valence-electron chi connectivity index (χ3n) is 3.45. The largest absolute Gasteiger partial charge is 0.508 e. The number of rotatable bonds is 2. The first-order chi connectivity index (χ1) is 10.5. The predicted octanol–water partition coefficient (Wildman–Crippen LogP) is 3.32. The van der Waals surface area contributed by atoms with Crippen molar-refractivity contribution in [3.63, 3.8) is 0 Å². The molecule has 0 radical (unpaired) electrons. The highest BCUT2D eigenvalue weighted by atomic mass is 16.4. The number of aromatic hydroxyl groups is 2. The van der Waals surface area contributed by atoms with Gasteiger partial charge in [0.2, 0.25) is 0 Å². The van der Waals surface area contributed by atoms with Crippen molar-refractivity contribution in [1.82, 2.24) is 4.98 Å². The summed E-state index contributed by atoms with van der Waals surface area (Å²) in [7, 11) is 0. The van der Waals surface area contributed by atoms with E-state index in [0.717, 1.165) is 5.56 Å². The number of carboxylic acid groups (broad SMARTS) is 1. The van der Waals surface area contributed by atoms with Crippen LogP contribution in [0.15, 0.2) is 42.5 Å². The minimum Gasteiger partial charge on any atom is -0.508 e. The minimum absolute atomic E-state index is 0.0320. The lowest BCUT2D eigenvalue weighted by molar-refractivity contribution is 0.0699. The predicted molar refractivity (Wildman–Crippen MR) is 82.2 cm³/mol. The number of pyridine rings is 1. The molecule has 0 aliphatic heterocycles. The molecule has 1 aromatic heterocycles. The Bertz CT molecular complexity index is 903. The number of aryl methyl sites for hydroxylation is 1. The van der Waals surface area contributed by atoms with Crippen LogP contribution < -0.4 is 0 Å². The zero-order chi connectivity index (χ0) is 15.9. The average Bonchev–Trinajstić information content (AvgIpc) is 2.48. The number of phenolic OH excluding ortho intramolecular Hbond substituents is 2. The number of phenols is 2. The molecule has 0 aliphatic carbocycles. The van der Waals surface area contributed by atoms with E-state index in [-0.39, 0.29) is 22.6 Å². The molecule has 1 heterocycles. The summed E-state index contributed by atoms with van der Waals surface area (Å²) in [6.07, 6.45) is 0. The molecule has 0 fully saturated rings. The molecule has 110 valence electrons. The lowest BCUT2D eigenvalue weighted by Gasteiger charge is -2.09. The van der Waals surface area contributed by atoms with E-state index < -0.39 is 5.97 Å². The van der Waals surface area contributed by atoms with Crippen LogP contribution in [0.5, 0.6) is 11.5 Å². The Kier molecular flexibility index (Phi) is 3.18. The first-order valence-corrected chi connectivity index (χ1v) is 6.63. The van der Waals surface area contributed by atoms with Crippen LogP contribution in [0.2, 0.25) is 0 Å². The van der Waals surface area contributed by atoms with Crippen LogP contribution in [-0.2, 0) is 0 Å². The first kappa shape index (κ1) is 13.9. The van der Waals surface area contributed by atoms with Crippen LogP contribution in [0.25, 0.3) is 22.2 Å². The SMILES string of the molecule is Cc1ccc2nc(-c3cc(O)ccc3O)cc(C(=O)O)c2c1. The molecule has 3 N–H and O–H groups in total. The average molecular weight is 295 g/mol. The Hall–Kier alpha value is -3.08. The quantitative estimate of drug-likeness (QED) is 0.631. The minimum atomic E-state index is -1.07. The summed E-state index contributed by atoms with van der Waals surface area (Å²) >= 11 is 0. The molecule has 2 aromatic carbocycles. The second-order valence-electron chi connectivity index (χ2n) is 5.08. The van der Waals surface area contributed by atoms with Gasteiger partial charge in [-0.25, -0.2) is 9.78 Å². The molecule has 3 rings (SSSR count). The van der Waals surface area contributed by atoms with Crippen molar-refractivity contribution in [1.29, 1.82) is 0 Å². The summed E-state index contributed by atoms with van der Waals surface area (Å²) in [5.74, 6) is -1.18. The number of aromatic nitrogens is 1. The highest BCUT2D eigenvalue weighted by molar-refractivity contribution is 6.04.